The van der Waals surface area contributed by atoms with Crippen LogP contribution in [0.2, 0.25) is 0 Å². The minimum absolute atomic E-state index is 0.164. The lowest BCUT2D eigenvalue weighted by Gasteiger charge is -2.46. The van der Waals surface area contributed by atoms with Gasteiger partial charge in [0.05, 0.1) is 11.6 Å². The maximum atomic E-state index is 13.6. The van der Waals surface area contributed by atoms with Crippen molar-refractivity contribution in [1.29, 1.82) is 0 Å². The second kappa shape index (κ2) is 9.63. The topological polar surface area (TPSA) is 83.1 Å². The summed E-state index contributed by atoms with van der Waals surface area (Å²) in [6, 6.07) is 9.39. The first kappa shape index (κ1) is 25.5. The molecule has 2 bridgehead atoms. The van der Waals surface area contributed by atoms with Crippen molar-refractivity contribution in [3.8, 4) is 0 Å². The average Bonchev–Trinajstić information content (AvgIpc) is 3.01. The van der Waals surface area contributed by atoms with Crippen LogP contribution in [0, 0.1) is 5.92 Å². The summed E-state index contributed by atoms with van der Waals surface area (Å²) in [6.07, 6.45) is -0.256. The van der Waals surface area contributed by atoms with Gasteiger partial charge in [0.25, 0.3) is 0 Å². The summed E-state index contributed by atoms with van der Waals surface area (Å²) >= 11 is 0. The van der Waals surface area contributed by atoms with Gasteiger partial charge in [-0.1, -0.05) is 44.2 Å². The van der Waals surface area contributed by atoms with Gasteiger partial charge in [-0.25, -0.2) is 9.59 Å². The summed E-state index contributed by atoms with van der Waals surface area (Å²) in [4.78, 5) is 26.6. The third-order valence-corrected chi connectivity index (χ3v) is 6.71. The lowest BCUT2D eigenvalue weighted by molar-refractivity contribution is -0.243. The molecule has 0 saturated carbocycles. The number of esters is 1. The molecule has 1 N–H and O–H groups in total. The number of rotatable bonds is 7. The van der Waals surface area contributed by atoms with Crippen LogP contribution in [-0.2, 0) is 23.7 Å². The van der Waals surface area contributed by atoms with Crippen molar-refractivity contribution < 1.29 is 28.5 Å². The number of amides is 1. The van der Waals surface area contributed by atoms with Gasteiger partial charge in [0.15, 0.2) is 0 Å². The number of hydrogen-bond donors (Lipinski definition) is 1. The van der Waals surface area contributed by atoms with Gasteiger partial charge in [-0.05, 0) is 58.9 Å². The van der Waals surface area contributed by atoms with Crippen LogP contribution in [-0.4, -0.2) is 47.7 Å². The molecule has 7 heteroatoms. The Bertz CT molecular complexity index is 835. The van der Waals surface area contributed by atoms with E-state index in [1.54, 1.807) is 0 Å². The second-order valence-corrected chi connectivity index (χ2v) is 10.5. The summed E-state index contributed by atoms with van der Waals surface area (Å²) in [5, 5.41) is 2.88. The van der Waals surface area contributed by atoms with Crippen LogP contribution in [0.3, 0.4) is 0 Å². The maximum absolute atomic E-state index is 13.6. The molecule has 184 valence electrons. The van der Waals surface area contributed by atoms with Crippen molar-refractivity contribution in [2.45, 2.75) is 103 Å². The largest absolute Gasteiger partial charge is 0.458 e. The van der Waals surface area contributed by atoms with E-state index in [0.717, 1.165) is 5.56 Å². The molecule has 33 heavy (non-hydrogen) atoms. The van der Waals surface area contributed by atoms with Gasteiger partial charge >= 0.3 is 12.1 Å². The average molecular weight is 462 g/mol. The zero-order valence-electron chi connectivity index (χ0n) is 21.0. The van der Waals surface area contributed by atoms with E-state index in [1.165, 1.54) is 0 Å². The molecular formula is C26H39NO6. The molecule has 2 aliphatic heterocycles. The molecule has 1 aromatic rings. The van der Waals surface area contributed by atoms with Crippen molar-refractivity contribution in [1.82, 2.24) is 5.32 Å². The molecule has 1 amide bonds. The summed E-state index contributed by atoms with van der Waals surface area (Å²) in [7, 11) is 0. The Morgan fingerprint density at radius 2 is 1.82 bits per heavy atom. The number of carbonyl (C=O) groups is 2. The minimum atomic E-state index is -1.50. The maximum Gasteiger partial charge on any atom is 0.408 e. The fourth-order valence-electron chi connectivity index (χ4n) is 4.93. The first-order valence-corrected chi connectivity index (χ1v) is 12.0. The second-order valence-electron chi connectivity index (χ2n) is 10.5. The van der Waals surface area contributed by atoms with Gasteiger partial charge in [0.1, 0.15) is 17.8 Å². The van der Waals surface area contributed by atoms with Crippen LogP contribution in [0.25, 0.3) is 0 Å². The monoisotopic (exact) mass is 461 g/mol. The van der Waals surface area contributed by atoms with E-state index in [1.807, 2.05) is 65.0 Å². The molecule has 3 rings (SSSR count). The van der Waals surface area contributed by atoms with Crippen LogP contribution in [0.4, 0.5) is 4.79 Å². The van der Waals surface area contributed by atoms with E-state index >= 15 is 0 Å². The van der Waals surface area contributed by atoms with Gasteiger partial charge in [-0.15, -0.1) is 0 Å². The normalized spacial score (nSPS) is 30.1. The highest BCUT2D eigenvalue weighted by molar-refractivity contribution is 5.83. The van der Waals surface area contributed by atoms with Crippen molar-refractivity contribution in [2.24, 2.45) is 5.92 Å². The third kappa shape index (κ3) is 5.19. The molecule has 0 spiro atoms. The van der Waals surface area contributed by atoms with E-state index < -0.39 is 41.1 Å². The summed E-state index contributed by atoms with van der Waals surface area (Å²) in [5.41, 5.74) is -1.78. The lowest BCUT2D eigenvalue weighted by Crippen LogP contribution is -2.63. The molecule has 0 aliphatic carbocycles. The molecule has 0 aromatic heterocycles. The molecule has 1 unspecified atom stereocenters. The van der Waals surface area contributed by atoms with Gasteiger partial charge in [-0.2, -0.15) is 0 Å². The first-order valence-electron chi connectivity index (χ1n) is 12.0. The quantitative estimate of drug-likeness (QED) is 0.579. The number of carbonyl (C=O) groups excluding carboxylic acids is 2. The van der Waals surface area contributed by atoms with E-state index in [-0.39, 0.29) is 12.0 Å². The standard InChI is InChI=1S/C26H39NO6/c1-8-30-21-16-25(17(2)3)15-14-20(26(21,33-25)22(28)32-24(5,6)7)31-23(29)27-18(4)19-12-10-9-11-13-19/h9-13,17-18,20-21H,8,14-16H2,1-7H3,(H,27,29)/t18?,20-,21+,25+,26-/m0/s1. The third-order valence-electron chi connectivity index (χ3n) is 6.71. The van der Waals surface area contributed by atoms with Gasteiger partial charge in [-0.3, -0.25) is 0 Å². The first-order chi connectivity index (χ1) is 15.4. The minimum Gasteiger partial charge on any atom is -0.458 e. The molecule has 1 aromatic carbocycles. The zero-order valence-corrected chi connectivity index (χ0v) is 21.0. The molecule has 0 radical (unpaired) electrons. The van der Waals surface area contributed by atoms with Crippen molar-refractivity contribution in [3.63, 3.8) is 0 Å². The van der Waals surface area contributed by atoms with Gasteiger partial charge in [0.2, 0.25) is 5.60 Å². The van der Waals surface area contributed by atoms with Gasteiger partial charge in [0, 0.05) is 13.0 Å². The SMILES string of the molecule is CCO[C@@H]1C[C@@]2(C(C)C)CC[C@H](OC(=O)NC(C)c3ccccc3)[C@]1(C(=O)OC(C)(C)C)O2. The summed E-state index contributed by atoms with van der Waals surface area (Å²) in [5.74, 6) is -0.373. The predicted molar refractivity (Wildman–Crippen MR) is 125 cm³/mol. The highest BCUT2D eigenvalue weighted by Gasteiger charge is 2.70. The van der Waals surface area contributed by atoms with Crippen LogP contribution in [0.1, 0.15) is 79.3 Å². The number of fused-ring (bicyclic) bond motifs is 2. The Balaban J connectivity index is 1.89. The van der Waals surface area contributed by atoms with E-state index in [0.29, 0.717) is 25.9 Å². The van der Waals surface area contributed by atoms with Gasteiger partial charge < -0.3 is 24.3 Å². The van der Waals surface area contributed by atoms with Crippen LogP contribution in [0.5, 0.6) is 0 Å². The number of ether oxygens (including phenoxy) is 4. The van der Waals surface area contributed by atoms with Crippen LogP contribution >= 0.6 is 0 Å². The van der Waals surface area contributed by atoms with Crippen LogP contribution < -0.4 is 5.32 Å². The highest BCUT2D eigenvalue weighted by Crippen LogP contribution is 2.54. The van der Waals surface area contributed by atoms with Crippen molar-refractivity contribution in [3.05, 3.63) is 35.9 Å². The Morgan fingerprint density at radius 3 is 2.39 bits per heavy atom. The Labute approximate surface area is 197 Å². The number of alkyl carbamates (subject to hydrolysis) is 1. The Kier molecular flexibility index (Phi) is 7.44. The molecule has 5 atom stereocenters. The Morgan fingerprint density at radius 1 is 1.15 bits per heavy atom. The zero-order chi connectivity index (χ0) is 24.4. The number of nitrogens with one attached hydrogen (secondary N) is 1. The van der Waals surface area contributed by atoms with E-state index in [4.69, 9.17) is 18.9 Å². The molecule has 2 heterocycles. The molecule has 7 nitrogen and oxygen atoms in total. The molecular weight excluding hydrogens is 422 g/mol. The fourth-order valence-corrected chi connectivity index (χ4v) is 4.93. The molecule has 2 fully saturated rings. The fraction of sp³-hybridized carbons (Fsp3) is 0.692. The van der Waals surface area contributed by atoms with Crippen LogP contribution in [0.15, 0.2) is 30.3 Å². The summed E-state index contributed by atoms with van der Waals surface area (Å²) in [6.45, 7) is 13.8. The lowest BCUT2D eigenvalue weighted by atomic mass is 9.83. The summed E-state index contributed by atoms with van der Waals surface area (Å²) < 4.78 is 24.4. The number of hydrogen-bond acceptors (Lipinski definition) is 6. The molecule has 2 saturated heterocycles. The predicted octanol–water partition coefficient (Wildman–Crippen LogP) is 4.94. The van der Waals surface area contributed by atoms with Crippen molar-refractivity contribution >= 4 is 12.1 Å². The molecule has 2 aliphatic rings. The smallest absolute Gasteiger partial charge is 0.408 e. The highest BCUT2D eigenvalue weighted by atomic mass is 16.7. The van der Waals surface area contributed by atoms with E-state index in [9.17, 15) is 9.59 Å². The van der Waals surface area contributed by atoms with E-state index in [2.05, 4.69) is 19.2 Å². The number of benzene rings is 1. The van der Waals surface area contributed by atoms with Crippen molar-refractivity contribution in [2.75, 3.05) is 6.61 Å². The Hall–Kier alpha value is -2.12.